The molecule has 0 aliphatic heterocycles. The van der Waals surface area contributed by atoms with Crippen molar-refractivity contribution in [1.82, 2.24) is 9.97 Å². The fraction of sp³-hybridized carbons (Fsp3) is 0.200. The first kappa shape index (κ1) is 9.77. The highest BCUT2D eigenvalue weighted by Crippen LogP contribution is 1.69. The summed E-state index contributed by atoms with van der Waals surface area (Å²) in [4.78, 5) is 8.18. The van der Waals surface area contributed by atoms with E-state index in [0.29, 0.717) is 0 Å². The standard InChI is InChI=1S/C10H12BN4/c1-14-5-3-12-7-9(14)11-10-8-13-4-6-15(10)2/h3-8H,1-2H3/q+1. The Hall–Kier alpha value is -1.78. The van der Waals surface area contributed by atoms with Crippen LogP contribution in [0.5, 0.6) is 0 Å². The molecule has 74 valence electrons. The third kappa shape index (κ3) is 2.18. The van der Waals surface area contributed by atoms with Crippen molar-refractivity contribution in [2.24, 2.45) is 14.1 Å². The van der Waals surface area contributed by atoms with Crippen LogP contribution in [0.4, 0.5) is 0 Å². The van der Waals surface area contributed by atoms with Crippen molar-refractivity contribution in [3.8, 4) is 0 Å². The normalized spacial score (nSPS) is 10.3. The molecule has 0 amide bonds. The Bertz CT molecular complexity index is 429. The van der Waals surface area contributed by atoms with E-state index in [4.69, 9.17) is 0 Å². The van der Waals surface area contributed by atoms with Gasteiger partial charge >= 0.3 is 0 Å². The lowest BCUT2D eigenvalue weighted by Gasteiger charge is -2.10. The molecule has 0 bridgehead atoms. The van der Waals surface area contributed by atoms with Gasteiger partial charge in [0.15, 0.2) is 12.4 Å². The smallest absolute Gasteiger partial charge is 0.184 e. The van der Waals surface area contributed by atoms with Crippen LogP contribution in [0.1, 0.15) is 0 Å². The Morgan fingerprint density at radius 3 is 1.80 bits per heavy atom. The maximum atomic E-state index is 4.09. The minimum Gasteiger partial charge on any atom is -0.256 e. The molecule has 2 rings (SSSR count). The van der Waals surface area contributed by atoms with Crippen molar-refractivity contribution in [3.63, 3.8) is 0 Å². The summed E-state index contributed by atoms with van der Waals surface area (Å²) in [5.41, 5.74) is 2.09. The molecular formula is C10H12BN4+. The average Bonchev–Trinajstić information content (AvgIpc) is 2.24. The molecule has 15 heavy (non-hydrogen) atoms. The van der Waals surface area contributed by atoms with E-state index < -0.39 is 0 Å². The highest BCUT2D eigenvalue weighted by molar-refractivity contribution is 6.64. The fourth-order valence-corrected chi connectivity index (χ4v) is 1.30. The van der Waals surface area contributed by atoms with Gasteiger partial charge in [-0.05, 0) is 11.2 Å². The van der Waals surface area contributed by atoms with Crippen LogP contribution >= 0.6 is 0 Å². The van der Waals surface area contributed by atoms with Crippen molar-refractivity contribution in [2.75, 3.05) is 0 Å². The van der Waals surface area contributed by atoms with Gasteiger partial charge in [-0.15, -0.1) is 0 Å². The van der Waals surface area contributed by atoms with E-state index in [9.17, 15) is 0 Å². The molecule has 0 unspecified atom stereocenters. The molecule has 2 heterocycles. The second-order valence-corrected chi connectivity index (χ2v) is 3.37. The van der Waals surface area contributed by atoms with Gasteiger partial charge in [0.2, 0.25) is 0 Å². The van der Waals surface area contributed by atoms with Gasteiger partial charge in [-0.25, -0.2) is 9.13 Å². The first-order valence-corrected chi connectivity index (χ1v) is 4.71. The lowest BCUT2D eigenvalue weighted by atomic mass is 9.70. The van der Waals surface area contributed by atoms with E-state index in [2.05, 4.69) is 9.97 Å². The molecule has 0 aliphatic rings. The Balaban J connectivity index is 2.30. The SMILES string of the molecule is C[n+]1ccncc1[B-]c1cncc[n+]1C. The van der Waals surface area contributed by atoms with Crippen molar-refractivity contribution in [2.45, 2.75) is 0 Å². The molecule has 2 radical (unpaired) electrons. The molecule has 0 saturated carbocycles. The lowest BCUT2D eigenvalue weighted by molar-refractivity contribution is -0.658. The maximum Gasteiger partial charge on any atom is 0.184 e. The molecule has 0 N–H and O–H groups in total. The summed E-state index contributed by atoms with van der Waals surface area (Å²) in [5, 5.41) is 0. The van der Waals surface area contributed by atoms with Crippen LogP contribution in [0.3, 0.4) is 0 Å². The lowest BCUT2D eigenvalue weighted by Crippen LogP contribution is -2.59. The summed E-state index contributed by atoms with van der Waals surface area (Å²) in [6.07, 6.45) is 11.0. The molecule has 0 spiro atoms. The van der Waals surface area contributed by atoms with E-state index in [1.807, 2.05) is 55.3 Å². The largest absolute Gasteiger partial charge is 0.256 e. The number of hydrogen-bond donors (Lipinski definition) is 0. The molecule has 0 aliphatic carbocycles. The molecule has 0 aromatic carbocycles. The zero-order valence-corrected chi connectivity index (χ0v) is 8.83. The molecule has 0 saturated heterocycles. The first-order chi connectivity index (χ1) is 7.27. The number of hydrogen-bond acceptors (Lipinski definition) is 2. The minimum atomic E-state index is 1.04. The number of nitrogens with zero attached hydrogens (tertiary/aromatic N) is 4. The number of aryl methyl sites for hydroxylation is 2. The Morgan fingerprint density at radius 2 is 1.40 bits per heavy atom. The fourth-order valence-electron chi connectivity index (χ4n) is 1.30. The Kier molecular flexibility index (Phi) is 2.71. The molecular weight excluding hydrogens is 187 g/mol. The van der Waals surface area contributed by atoms with Gasteiger partial charge in [-0.2, -0.15) is 0 Å². The Morgan fingerprint density at radius 1 is 0.933 bits per heavy atom. The van der Waals surface area contributed by atoms with Gasteiger partial charge in [0, 0.05) is 12.4 Å². The molecule has 4 nitrogen and oxygen atoms in total. The zero-order valence-electron chi connectivity index (χ0n) is 8.83. The second kappa shape index (κ2) is 4.17. The monoisotopic (exact) mass is 199 g/mol. The van der Waals surface area contributed by atoms with Gasteiger partial charge in [0.25, 0.3) is 0 Å². The van der Waals surface area contributed by atoms with Crippen LogP contribution in [-0.2, 0) is 14.1 Å². The number of aromatic nitrogens is 4. The third-order valence-electron chi connectivity index (χ3n) is 2.28. The van der Waals surface area contributed by atoms with Crippen LogP contribution in [0, 0.1) is 0 Å². The molecule has 0 atom stereocenters. The quantitative estimate of drug-likeness (QED) is 0.405. The first-order valence-electron chi connectivity index (χ1n) is 4.71. The van der Waals surface area contributed by atoms with E-state index in [1.165, 1.54) is 0 Å². The summed E-state index contributed by atoms with van der Waals surface area (Å²) in [6, 6.07) is 0. The summed E-state index contributed by atoms with van der Waals surface area (Å²) >= 11 is 0. The topological polar surface area (TPSA) is 33.5 Å². The van der Waals surface area contributed by atoms with Crippen molar-refractivity contribution in [3.05, 3.63) is 37.2 Å². The van der Waals surface area contributed by atoms with Gasteiger partial charge < -0.3 is 0 Å². The predicted molar refractivity (Wildman–Crippen MR) is 55.8 cm³/mol. The molecule has 0 fully saturated rings. The number of rotatable bonds is 2. The minimum absolute atomic E-state index is 1.04. The van der Waals surface area contributed by atoms with E-state index in [-0.39, 0.29) is 0 Å². The van der Waals surface area contributed by atoms with Gasteiger partial charge in [0.05, 0.1) is 12.4 Å². The molecule has 2 aromatic rings. The van der Waals surface area contributed by atoms with Crippen LogP contribution in [0.25, 0.3) is 0 Å². The summed E-state index contributed by atoms with van der Waals surface area (Å²) in [6.45, 7) is 0. The van der Waals surface area contributed by atoms with Crippen molar-refractivity contribution in [1.29, 1.82) is 0 Å². The third-order valence-corrected chi connectivity index (χ3v) is 2.28. The summed E-state index contributed by atoms with van der Waals surface area (Å²) < 4.78 is 4.03. The van der Waals surface area contributed by atoms with Gasteiger partial charge in [-0.1, -0.05) is 7.28 Å². The van der Waals surface area contributed by atoms with Crippen LogP contribution in [0.15, 0.2) is 37.2 Å². The van der Waals surface area contributed by atoms with E-state index in [1.54, 1.807) is 12.4 Å². The maximum absolute atomic E-state index is 4.09. The molecule has 5 heteroatoms. The van der Waals surface area contributed by atoms with Crippen LogP contribution in [0.2, 0.25) is 0 Å². The van der Waals surface area contributed by atoms with E-state index in [0.717, 1.165) is 11.2 Å². The predicted octanol–water partition coefficient (Wildman–Crippen LogP) is -2.22. The van der Waals surface area contributed by atoms with Gasteiger partial charge in [-0.3, -0.25) is 9.97 Å². The molecule has 2 aromatic heterocycles. The highest BCUT2D eigenvalue weighted by atomic mass is 15.0. The Labute approximate surface area is 89.5 Å². The highest BCUT2D eigenvalue weighted by Gasteiger charge is 1.99. The van der Waals surface area contributed by atoms with E-state index >= 15 is 0 Å². The average molecular weight is 199 g/mol. The van der Waals surface area contributed by atoms with Crippen molar-refractivity contribution < 1.29 is 9.13 Å². The summed E-state index contributed by atoms with van der Waals surface area (Å²) in [7, 11) is 6.02. The van der Waals surface area contributed by atoms with Gasteiger partial charge in [0.1, 0.15) is 14.1 Å². The van der Waals surface area contributed by atoms with Crippen LogP contribution < -0.4 is 20.3 Å². The van der Waals surface area contributed by atoms with Crippen LogP contribution in [-0.4, -0.2) is 17.2 Å². The summed E-state index contributed by atoms with van der Waals surface area (Å²) in [5.74, 6) is 0. The van der Waals surface area contributed by atoms with Crippen molar-refractivity contribution >= 4 is 18.5 Å². The second-order valence-electron chi connectivity index (χ2n) is 3.37. The zero-order chi connectivity index (χ0) is 10.7.